The van der Waals surface area contributed by atoms with Crippen molar-refractivity contribution in [1.82, 2.24) is 14.8 Å². The van der Waals surface area contributed by atoms with Crippen molar-refractivity contribution in [3.05, 3.63) is 71.5 Å². The number of carbonyl (C=O) groups is 1. The number of rotatable bonds is 10. The van der Waals surface area contributed by atoms with Crippen LogP contribution in [-0.2, 0) is 17.7 Å². The number of nitrogens with zero attached hydrogens (tertiary/aromatic N) is 3. The lowest BCUT2D eigenvalue weighted by molar-refractivity contribution is 0.0994. The molecule has 6 nitrogen and oxygen atoms in total. The van der Waals surface area contributed by atoms with E-state index < -0.39 is 0 Å². The number of ketones is 1. The van der Waals surface area contributed by atoms with Crippen molar-refractivity contribution in [2.45, 2.75) is 30.3 Å². The molecule has 0 saturated heterocycles. The van der Waals surface area contributed by atoms with E-state index in [0.29, 0.717) is 25.1 Å². The lowest BCUT2D eigenvalue weighted by Crippen LogP contribution is -2.16. The molecule has 0 spiro atoms. The van der Waals surface area contributed by atoms with Crippen molar-refractivity contribution >= 4 is 17.5 Å². The highest BCUT2D eigenvalue weighted by Gasteiger charge is 2.21. The average molecular weight is 412 g/mol. The van der Waals surface area contributed by atoms with E-state index in [1.165, 1.54) is 11.8 Å². The van der Waals surface area contributed by atoms with E-state index in [0.717, 1.165) is 22.3 Å². The number of aromatic nitrogens is 3. The van der Waals surface area contributed by atoms with Crippen molar-refractivity contribution in [3.8, 4) is 5.75 Å². The van der Waals surface area contributed by atoms with E-state index in [1.54, 1.807) is 38.5 Å². The van der Waals surface area contributed by atoms with Crippen LogP contribution in [-0.4, -0.2) is 46.6 Å². The Balaban J connectivity index is 1.76. The lowest BCUT2D eigenvalue weighted by Gasteiger charge is -2.13. The number of hydrogen-bond acceptors (Lipinski definition) is 6. The maximum absolute atomic E-state index is 12.8. The number of thioether (sulfide) groups is 1. The maximum atomic E-state index is 12.8. The van der Waals surface area contributed by atoms with Gasteiger partial charge in [0.1, 0.15) is 11.6 Å². The van der Waals surface area contributed by atoms with Crippen LogP contribution < -0.4 is 4.74 Å². The minimum atomic E-state index is -0.293. The van der Waals surface area contributed by atoms with Gasteiger partial charge in [-0.2, -0.15) is 0 Å². The second kappa shape index (κ2) is 10.2. The van der Waals surface area contributed by atoms with E-state index in [1.807, 2.05) is 29.7 Å². The standard InChI is InChI=1S/C22H25N3O3S/c1-16(21(26)18-9-11-19(28-3)12-10-18)29-22-24-23-20(25(22)13-14-27-2)15-17-7-5-4-6-8-17/h4-12,16H,13-15H2,1-3H3/t16-/m0/s1. The third kappa shape index (κ3) is 5.46. The highest BCUT2D eigenvalue weighted by Crippen LogP contribution is 2.26. The first kappa shape index (κ1) is 21.1. The van der Waals surface area contributed by atoms with Crippen LogP contribution in [0.25, 0.3) is 0 Å². The SMILES string of the molecule is COCCn1c(Cc2ccccc2)nnc1S[C@@H](C)C(=O)c1ccc(OC)cc1. The molecule has 152 valence electrons. The number of carbonyl (C=O) groups excluding carboxylic acids is 1. The first-order valence-corrected chi connectivity index (χ1v) is 10.3. The number of methoxy groups -OCH3 is 2. The smallest absolute Gasteiger partial charge is 0.192 e. The summed E-state index contributed by atoms with van der Waals surface area (Å²) in [5.74, 6) is 1.63. The Kier molecular flexibility index (Phi) is 7.43. The minimum absolute atomic E-state index is 0.0450. The fourth-order valence-electron chi connectivity index (χ4n) is 2.92. The first-order chi connectivity index (χ1) is 14.1. The second-order valence-corrected chi connectivity index (χ2v) is 7.87. The average Bonchev–Trinajstić information content (AvgIpc) is 3.13. The van der Waals surface area contributed by atoms with Gasteiger partial charge in [0, 0.05) is 25.6 Å². The van der Waals surface area contributed by atoms with Crippen LogP contribution in [0.15, 0.2) is 59.8 Å². The Morgan fingerprint density at radius 3 is 2.45 bits per heavy atom. The summed E-state index contributed by atoms with van der Waals surface area (Å²) in [7, 11) is 3.28. The summed E-state index contributed by atoms with van der Waals surface area (Å²) in [6.45, 7) is 3.08. The molecule has 2 aromatic carbocycles. The van der Waals surface area contributed by atoms with Crippen LogP contribution in [0, 0.1) is 0 Å². The second-order valence-electron chi connectivity index (χ2n) is 6.56. The summed E-state index contributed by atoms with van der Waals surface area (Å²) in [5, 5.41) is 9.17. The van der Waals surface area contributed by atoms with Gasteiger partial charge in [-0.15, -0.1) is 10.2 Å². The fourth-order valence-corrected chi connectivity index (χ4v) is 3.90. The normalized spacial score (nSPS) is 12.0. The van der Waals surface area contributed by atoms with Gasteiger partial charge in [-0.25, -0.2) is 0 Å². The number of benzene rings is 2. The third-order valence-electron chi connectivity index (χ3n) is 4.54. The van der Waals surface area contributed by atoms with Gasteiger partial charge in [0.05, 0.1) is 19.0 Å². The molecule has 1 atom stereocenters. The summed E-state index contributed by atoms with van der Waals surface area (Å²) in [4.78, 5) is 12.8. The van der Waals surface area contributed by atoms with Crippen LogP contribution in [0.4, 0.5) is 0 Å². The van der Waals surface area contributed by atoms with E-state index in [-0.39, 0.29) is 11.0 Å². The van der Waals surface area contributed by atoms with Gasteiger partial charge in [-0.1, -0.05) is 42.1 Å². The van der Waals surface area contributed by atoms with Crippen molar-refractivity contribution in [3.63, 3.8) is 0 Å². The molecular weight excluding hydrogens is 386 g/mol. The molecule has 0 N–H and O–H groups in total. The van der Waals surface area contributed by atoms with Crippen LogP contribution in [0.5, 0.6) is 5.75 Å². The summed E-state index contributed by atoms with van der Waals surface area (Å²) in [5.41, 5.74) is 1.82. The van der Waals surface area contributed by atoms with E-state index in [9.17, 15) is 4.79 Å². The van der Waals surface area contributed by atoms with E-state index in [4.69, 9.17) is 9.47 Å². The van der Waals surface area contributed by atoms with Crippen molar-refractivity contribution in [2.75, 3.05) is 20.8 Å². The van der Waals surface area contributed by atoms with Crippen LogP contribution >= 0.6 is 11.8 Å². The zero-order valence-electron chi connectivity index (χ0n) is 16.9. The van der Waals surface area contributed by atoms with Gasteiger partial charge in [-0.05, 0) is 36.8 Å². The molecule has 0 aliphatic carbocycles. The van der Waals surface area contributed by atoms with Gasteiger partial charge in [0.15, 0.2) is 10.9 Å². The van der Waals surface area contributed by atoms with Gasteiger partial charge >= 0.3 is 0 Å². The van der Waals surface area contributed by atoms with Crippen LogP contribution in [0.2, 0.25) is 0 Å². The lowest BCUT2D eigenvalue weighted by atomic mass is 10.1. The molecule has 1 aromatic heterocycles. The largest absolute Gasteiger partial charge is 0.497 e. The maximum Gasteiger partial charge on any atom is 0.192 e. The molecule has 0 amide bonds. The van der Waals surface area contributed by atoms with Gasteiger partial charge < -0.3 is 14.0 Å². The van der Waals surface area contributed by atoms with E-state index >= 15 is 0 Å². The first-order valence-electron chi connectivity index (χ1n) is 9.42. The molecule has 3 rings (SSSR count). The number of hydrogen-bond donors (Lipinski definition) is 0. The molecule has 1 heterocycles. The van der Waals surface area contributed by atoms with Crippen molar-refractivity contribution < 1.29 is 14.3 Å². The molecule has 0 radical (unpaired) electrons. The molecule has 7 heteroatoms. The highest BCUT2D eigenvalue weighted by molar-refractivity contribution is 8.00. The van der Waals surface area contributed by atoms with E-state index in [2.05, 4.69) is 22.3 Å². The molecule has 0 saturated carbocycles. The predicted molar refractivity (Wildman–Crippen MR) is 114 cm³/mol. The Morgan fingerprint density at radius 2 is 1.79 bits per heavy atom. The van der Waals surface area contributed by atoms with Crippen molar-refractivity contribution in [1.29, 1.82) is 0 Å². The molecule has 29 heavy (non-hydrogen) atoms. The summed E-state index contributed by atoms with van der Waals surface area (Å²) in [6.07, 6.45) is 0.679. The Hall–Kier alpha value is -2.64. The van der Waals surface area contributed by atoms with Crippen molar-refractivity contribution in [2.24, 2.45) is 0 Å². The van der Waals surface area contributed by atoms with Gasteiger partial charge in [-0.3, -0.25) is 4.79 Å². The topological polar surface area (TPSA) is 66.2 Å². The molecule has 0 fully saturated rings. The van der Waals surface area contributed by atoms with Crippen LogP contribution in [0.3, 0.4) is 0 Å². The molecule has 0 aliphatic heterocycles. The Bertz CT molecular complexity index is 926. The molecule has 3 aromatic rings. The quantitative estimate of drug-likeness (QED) is 0.373. The molecule has 0 unspecified atom stereocenters. The minimum Gasteiger partial charge on any atom is -0.497 e. The molecule has 0 aliphatic rings. The Labute approximate surface area is 175 Å². The number of Topliss-reactive ketones (excluding diaryl/α,β-unsaturated/α-hetero) is 1. The van der Waals surface area contributed by atoms with Gasteiger partial charge in [0.2, 0.25) is 0 Å². The fraction of sp³-hybridized carbons (Fsp3) is 0.318. The summed E-state index contributed by atoms with van der Waals surface area (Å²) >= 11 is 1.42. The summed E-state index contributed by atoms with van der Waals surface area (Å²) in [6, 6.07) is 17.3. The Morgan fingerprint density at radius 1 is 1.07 bits per heavy atom. The molecule has 0 bridgehead atoms. The zero-order valence-corrected chi connectivity index (χ0v) is 17.7. The zero-order chi connectivity index (χ0) is 20.6. The number of ether oxygens (including phenoxy) is 2. The van der Waals surface area contributed by atoms with Gasteiger partial charge in [0.25, 0.3) is 0 Å². The highest BCUT2D eigenvalue weighted by atomic mass is 32.2. The summed E-state index contributed by atoms with van der Waals surface area (Å²) < 4.78 is 12.5. The molecular formula is C22H25N3O3S. The third-order valence-corrected chi connectivity index (χ3v) is 5.62. The van der Waals surface area contributed by atoms with Crippen LogP contribution in [0.1, 0.15) is 28.7 Å². The predicted octanol–water partition coefficient (Wildman–Crippen LogP) is 3.89. The monoisotopic (exact) mass is 411 g/mol.